The van der Waals surface area contributed by atoms with Crippen LogP contribution in [0.4, 0.5) is 16.0 Å². The number of halogens is 3. The maximum Gasteiger partial charge on any atom is 0.153 e. The Labute approximate surface area is 123 Å². The Kier molecular flexibility index (Phi) is 4.21. The molecule has 0 aliphatic rings. The molecule has 0 saturated carbocycles. The van der Waals surface area contributed by atoms with Crippen molar-refractivity contribution in [3.05, 3.63) is 45.4 Å². The summed E-state index contributed by atoms with van der Waals surface area (Å²) in [6, 6.07) is 4.77. The minimum atomic E-state index is -0.284. The third-order valence-electron chi connectivity index (χ3n) is 2.57. The van der Waals surface area contributed by atoms with Crippen LogP contribution in [0.5, 0.6) is 0 Å². The fraction of sp³-hybridized carbons (Fsp3) is 0.167. The molecule has 0 saturated heterocycles. The molecule has 0 amide bonds. The van der Waals surface area contributed by atoms with Crippen LogP contribution in [0.15, 0.2) is 29.0 Å². The Bertz CT molecular complexity index is 608. The molecule has 100 valence electrons. The predicted molar refractivity (Wildman–Crippen MR) is 77.7 cm³/mol. The summed E-state index contributed by atoms with van der Waals surface area (Å²) < 4.78 is 14.5. The highest BCUT2D eigenvalue weighted by Crippen LogP contribution is 2.27. The second kappa shape index (κ2) is 5.71. The molecule has 7 heteroatoms. The summed E-state index contributed by atoms with van der Waals surface area (Å²) >= 11 is 9.34. The summed E-state index contributed by atoms with van der Waals surface area (Å²) in [5, 5.41) is 0.264. The Morgan fingerprint density at radius 1 is 1.42 bits per heavy atom. The van der Waals surface area contributed by atoms with Crippen molar-refractivity contribution < 1.29 is 4.39 Å². The number of anilines is 2. The second-order valence-electron chi connectivity index (χ2n) is 3.99. The number of aromatic nitrogens is 2. The van der Waals surface area contributed by atoms with Gasteiger partial charge in [0.1, 0.15) is 23.0 Å². The lowest BCUT2D eigenvalue weighted by Gasteiger charge is -2.20. The van der Waals surface area contributed by atoms with E-state index in [0.29, 0.717) is 17.9 Å². The zero-order valence-electron chi connectivity index (χ0n) is 10.1. The number of hydrogen-bond donors (Lipinski definition) is 1. The molecule has 0 unspecified atom stereocenters. The summed E-state index contributed by atoms with van der Waals surface area (Å²) in [6.07, 6.45) is 1.32. The molecule has 1 aromatic carbocycles. The van der Waals surface area contributed by atoms with E-state index in [-0.39, 0.29) is 16.7 Å². The third-order valence-corrected chi connectivity index (χ3v) is 3.43. The number of benzene rings is 1. The second-order valence-corrected chi connectivity index (χ2v) is 5.28. The topological polar surface area (TPSA) is 55.0 Å². The van der Waals surface area contributed by atoms with E-state index in [0.717, 1.165) is 4.47 Å². The van der Waals surface area contributed by atoms with E-state index in [1.54, 1.807) is 24.1 Å². The summed E-state index contributed by atoms with van der Waals surface area (Å²) in [6.45, 7) is 0.321. The van der Waals surface area contributed by atoms with Gasteiger partial charge in [0, 0.05) is 23.6 Å². The zero-order chi connectivity index (χ0) is 14.0. The van der Waals surface area contributed by atoms with Gasteiger partial charge in [-0.15, -0.1) is 0 Å². The monoisotopic (exact) mass is 344 g/mol. The van der Waals surface area contributed by atoms with E-state index < -0.39 is 0 Å². The van der Waals surface area contributed by atoms with Crippen molar-refractivity contribution in [1.29, 1.82) is 0 Å². The molecule has 1 aromatic heterocycles. The smallest absolute Gasteiger partial charge is 0.153 e. The Morgan fingerprint density at radius 3 is 2.89 bits per heavy atom. The van der Waals surface area contributed by atoms with Gasteiger partial charge in [0.25, 0.3) is 0 Å². The van der Waals surface area contributed by atoms with Crippen LogP contribution in [0.25, 0.3) is 0 Å². The van der Waals surface area contributed by atoms with Crippen molar-refractivity contribution in [1.82, 2.24) is 9.97 Å². The molecule has 2 rings (SSSR count). The first kappa shape index (κ1) is 14.0. The molecule has 0 spiro atoms. The van der Waals surface area contributed by atoms with E-state index in [9.17, 15) is 4.39 Å². The van der Waals surface area contributed by atoms with Crippen molar-refractivity contribution in [2.75, 3.05) is 17.7 Å². The van der Waals surface area contributed by atoms with Gasteiger partial charge in [0.05, 0.1) is 0 Å². The minimum absolute atomic E-state index is 0.202. The molecule has 19 heavy (non-hydrogen) atoms. The molecular weight excluding hydrogens is 335 g/mol. The number of nitrogen functional groups attached to an aromatic ring is 1. The Balaban J connectivity index is 2.28. The van der Waals surface area contributed by atoms with Crippen LogP contribution in [0, 0.1) is 5.82 Å². The lowest BCUT2D eigenvalue weighted by molar-refractivity contribution is 0.607. The van der Waals surface area contributed by atoms with Crippen LogP contribution < -0.4 is 10.6 Å². The van der Waals surface area contributed by atoms with Crippen LogP contribution in [-0.2, 0) is 6.54 Å². The quantitative estimate of drug-likeness (QED) is 0.928. The fourth-order valence-electron chi connectivity index (χ4n) is 1.63. The SMILES string of the molecule is CN(Cc1cc(Br)ccc1F)c1ncnc(N)c1Cl. The standard InChI is InChI=1S/C12H11BrClFN4/c1-19(12-10(14)11(16)17-6-18-12)5-7-4-8(13)2-3-9(7)15/h2-4,6H,5H2,1H3,(H2,16,17,18). The van der Waals surface area contributed by atoms with E-state index in [1.165, 1.54) is 12.4 Å². The van der Waals surface area contributed by atoms with Gasteiger partial charge >= 0.3 is 0 Å². The summed E-state index contributed by atoms with van der Waals surface area (Å²) in [5.41, 5.74) is 6.15. The normalized spacial score (nSPS) is 10.5. The van der Waals surface area contributed by atoms with Crippen molar-refractivity contribution >= 4 is 39.2 Å². The van der Waals surface area contributed by atoms with Crippen LogP contribution in [0.2, 0.25) is 5.02 Å². The average Bonchev–Trinajstić information content (AvgIpc) is 2.37. The first-order chi connectivity index (χ1) is 8.99. The van der Waals surface area contributed by atoms with Crippen molar-refractivity contribution in [3.63, 3.8) is 0 Å². The number of nitrogens with zero attached hydrogens (tertiary/aromatic N) is 3. The van der Waals surface area contributed by atoms with E-state index >= 15 is 0 Å². The highest BCUT2D eigenvalue weighted by molar-refractivity contribution is 9.10. The molecular formula is C12H11BrClFN4. The number of hydrogen-bond acceptors (Lipinski definition) is 4. The fourth-order valence-corrected chi connectivity index (χ4v) is 2.29. The lowest BCUT2D eigenvalue weighted by Crippen LogP contribution is -2.19. The van der Waals surface area contributed by atoms with E-state index in [1.807, 2.05) is 0 Å². The van der Waals surface area contributed by atoms with Crippen LogP contribution in [0.1, 0.15) is 5.56 Å². The first-order valence-corrected chi connectivity index (χ1v) is 6.57. The van der Waals surface area contributed by atoms with Gasteiger partial charge in [-0.2, -0.15) is 0 Å². The molecule has 0 fully saturated rings. The van der Waals surface area contributed by atoms with Gasteiger partial charge in [0.15, 0.2) is 5.82 Å². The number of rotatable bonds is 3. The number of nitrogens with two attached hydrogens (primary N) is 1. The zero-order valence-corrected chi connectivity index (χ0v) is 12.4. The van der Waals surface area contributed by atoms with Gasteiger partial charge in [-0.1, -0.05) is 27.5 Å². The molecule has 1 heterocycles. The van der Waals surface area contributed by atoms with Gasteiger partial charge in [0.2, 0.25) is 0 Å². The van der Waals surface area contributed by atoms with Crippen molar-refractivity contribution in [2.24, 2.45) is 0 Å². The molecule has 0 aliphatic heterocycles. The summed E-state index contributed by atoms with van der Waals surface area (Å²) in [7, 11) is 1.76. The Morgan fingerprint density at radius 2 is 2.16 bits per heavy atom. The minimum Gasteiger partial charge on any atom is -0.382 e. The maximum absolute atomic E-state index is 13.7. The molecule has 0 atom stereocenters. The van der Waals surface area contributed by atoms with Crippen LogP contribution in [0.3, 0.4) is 0 Å². The molecule has 0 bridgehead atoms. The van der Waals surface area contributed by atoms with Gasteiger partial charge in [-0.25, -0.2) is 14.4 Å². The van der Waals surface area contributed by atoms with Gasteiger partial charge in [-0.05, 0) is 18.2 Å². The van der Waals surface area contributed by atoms with Crippen molar-refractivity contribution in [2.45, 2.75) is 6.54 Å². The maximum atomic E-state index is 13.7. The Hall–Kier alpha value is -1.40. The predicted octanol–water partition coefficient (Wildman–Crippen LogP) is 3.25. The highest BCUT2D eigenvalue weighted by Gasteiger charge is 2.13. The van der Waals surface area contributed by atoms with Crippen LogP contribution >= 0.6 is 27.5 Å². The molecule has 0 aliphatic carbocycles. The van der Waals surface area contributed by atoms with Crippen molar-refractivity contribution in [3.8, 4) is 0 Å². The first-order valence-electron chi connectivity index (χ1n) is 5.40. The third kappa shape index (κ3) is 3.13. The van der Waals surface area contributed by atoms with E-state index in [2.05, 4.69) is 25.9 Å². The van der Waals surface area contributed by atoms with Gasteiger partial charge in [-0.3, -0.25) is 0 Å². The average molecular weight is 346 g/mol. The van der Waals surface area contributed by atoms with Crippen LogP contribution in [-0.4, -0.2) is 17.0 Å². The van der Waals surface area contributed by atoms with E-state index in [4.69, 9.17) is 17.3 Å². The lowest BCUT2D eigenvalue weighted by atomic mass is 10.2. The molecule has 2 aromatic rings. The highest BCUT2D eigenvalue weighted by atomic mass is 79.9. The summed E-state index contributed by atoms with van der Waals surface area (Å²) in [5.74, 6) is 0.384. The molecule has 4 nitrogen and oxygen atoms in total. The summed E-state index contributed by atoms with van der Waals surface area (Å²) in [4.78, 5) is 9.56. The van der Waals surface area contributed by atoms with Gasteiger partial charge < -0.3 is 10.6 Å². The molecule has 0 radical (unpaired) electrons. The molecule has 2 N–H and O–H groups in total. The largest absolute Gasteiger partial charge is 0.382 e.